The molecule has 0 fully saturated rings. The molecule has 72 valence electrons. The van der Waals surface area contributed by atoms with Crippen LogP contribution in [0.1, 0.15) is 5.69 Å². The van der Waals surface area contributed by atoms with Crippen LogP contribution in [0.15, 0.2) is 10.4 Å². The lowest BCUT2D eigenvalue weighted by Crippen LogP contribution is -2.39. The molecule has 0 aliphatic rings. The number of aromatic nitrogens is 1. The molecule has 0 amide bonds. The lowest BCUT2D eigenvalue weighted by Gasteiger charge is -1.99. The minimum absolute atomic E-state index is 0.276. The normalized spacial score (nSPS) is 11.7. The van der Waals surface area contributed by atoms with Crippen molar-refractivity contribution in [1.82, 2.24) is 15.8 Å². The second-order valence-corrected chi connectivity index (χ2v) is 3.23. The van der Waals surface area contributed by atoms with Crippen LogP contribution in [0.25, 0.3) is 0 Å². The molecule has 0 saturated heterocycles. The summed E-state index contributed by atoms with van der Waals surface area (Å²) in [6.07, 6.45) is 0. The first kappa shape index (κ1) is 10.2. The maximum Gasteiger partial charge on any atom is 0.212 e. The van der Waals surface area contributed by atoms with Gasteiger partial charge in [-0.3, -0.25) is 5.43 Å². The molecule has 1 aromatic rings. The Kier molecular flexibility index (Phi) is 3.94. The first-order chi connectivity index (χ1) is 6.26. The highest BCUT2D eigenvalue weighted by Gasteiger charge is 1.99. The van der Waals surface area contributed by atoms with E-state index in [1.54, 1.807) is 7.05 Å². The van der Waals surface area contributed by atoms with Crippen molar-refractivity contribution in [2.24, 2.45) is 10.7 Å². The molecule has 1 aromatic heterocycles. The fourth-order valence-corrected chi connectivity index (χ4v) is 1.59. The van der Waals surface area contributed by atoms with E-state index >= 15 is 0 Å². The zero-order valence-corrected chi connectivity index (χ0v) is 8.61. The topological polar surface area (TPSA) is 75.3 Å². The zero-order valence-electron chi connectivity index (χ0n) is 7.04. The van der Waals surface area contributed by atoms with Crippen molar-refractivity contribution in [1.29, 1.82) is 0 Å². The predicted octanol–water partition coefficient (Wildman–Crippen LogP) is 0.552. The van der Waals surface area contributed by atoms with Crippen molar-refractivity contribution in [2.45, 2.75) is 5.88 Å². The highest BCUT2D eigenvalue weighted by molar-refractivity contribution is 7.13. The van der Waals surface area contributed by atoms with Crippen LogP contribution in [-0.4, -0.2) is 18.0 Å². The van der Waals surface area contributed by atoms with Crippen LogP contribution in [0.4, 0.5) is 5.13 Å². The summed E-state index contributed by atoms with van der Waals surface area (Å²) in [6.45, 7) is 0. The summed E-state index contributed by atoms with van der Waals surface area (Å²) in [7, 11) is 1.70. The van der Waals surface area contributed by atoms with Gasteiger partial charge in [-0.1, -0.05) is 0 Å². The van der Waals surface area contributed by atoms with Crippen LogP contribution in [-0.2, 0) is 5.88 Å². The predicted molar refractivity (Wildman–Crippen MR) is 55.1 cm³/mol. The molecule has 0 saturated carbocycles. The fourth-order valence-electron chi connectivity index (χ4n) is 0.668. The van der Waals surface area contributed by atoms with Gasteiger partial charge in [0, 0.05) is 12.4 Å². The van der Waals surface area contributed by atoms with E-state index in [0.29, 0.717) is 11.0 Å². The third kappa shape index (κ3) is 3.17. The monoisotopic (exact) mass is 219 g/mol. The smallest absolute Gasteiger partial charge is 0.212 e. The van der Waals surface area contributed by atoms with E-state index in [9.17, 15) is 0 Å². The van der Waals surface area contributed by atoms with E-state index in [4.69, 9.17) is 17.3 Å². The molecular weight excluding hydrogens is 210 g/mol. The van der Waals surface area contributed by atoms with Gasteiger partial charge >= 0.3 is 0 Å². The van der Waals surface area contributed by atoms with Crippen LogP contribution in [0, 0.1) is 0 Å². The molecule has 0 unspecified atom stereocenters. The maximum atomic E-state index is 5.57. The lowest BCUT2D eigenvalue weighted by molar-refractivity contribution is 0.762. The fraction of sp³-hybridized carbons (Fsp3) is 0.333. The van der Waals surface area contributed by atoms with Crippen molar-refractivity contribution in [2.75, 3.05) is 7.05 Å². The maximum absolute atomic E-state index is 5.57. The van der Waals surface area contributed by atoms with Gasteiger partial charge in [-0.05, 0) is 0 Å². The number of nitrogens with two attached hydrogens (primary N) is 1. The Labute approximate surface area is 85.0 Å². The number of nitrogens with one attached hydrogen (secondary N) is 2. The second kappa shape index (κ2) is 5.00. The van der Waals surface area contributed by atoms with Crippen molar-refractivity contribution in [3.05, 3.63) is 11.1 Å². The van der Waals surface area contributed by atoms with E-state index in [1.165, 1.54) is 11.3 Å². The molecule has 4 N–H and O–H groups in total. The van der Waals surface area contributed by atoms with Gasteiger partial charge in [-0.25, -0.2) is 10.4 Å². The van der Waals surface area contributed by atoms with Gasteiger partial charge in [0.1, 0.15) is 0 Å². The summed E-state index contributed by atoms with van der Waals surface area (Å²) in [6, 6.07) is 0. The van der Waals surface area contributed by atoms with Gasteiger partial charge in [0.25, 0.3) is 0 Å². The van der Waals surface area contributed by atoms with Crippen molar-refractivity contribution in [3.63, 3.8) is 0 Å². The van der Waals surface area contributed by atoms with Gasteiger partial charge < -0.3 is 5.73 Å². The molecule has 0 aliphatic heterocycles. The highest BCUT2D eigenvalue weighted by atomic mass is 35.5. The number of hydrazine groups is 1. The van der Waals surface area contributed by atoms with Gasteiger partial charge in [0.2, 0.25) is 11.1 Å². The number of aliphatic imine (C=N–C) groups is 1. The van der Waals surface area contributed by atoms with Crippen molar-refractivity contribution >= 4 is 34.0 Å². The highest BCUT2D eigenvalue weighted by Crippen LogP contribution is 2.19. The van der Waals surface area contributed by atoms with Crippen LogP contribution in [0.5, 0.6) is 0 Å². The zero-order chi connectivity index (χ0) is 9.68. The number of thiazole rings is 1. The van der Waals surface area contributed by atoms with E-state index < -0.39 is 0 Å². The third-order valence-corrected chi connectivity index (χ3v) is 2.20. The van der Waals surface area contributed by atoms with E-state index in [-0.39, 0.29) is 5.96 Å². The molecule has 5 nitrogen and oxygen atoms in total. The Hall–Kier alpha value is -0.850. The van der Waals surface area contributed by atoms with Crippen molar-refractivity contribution in [3.8, 4) is 0 Å². The van der Waals surface area contributed by atoms with Crippen LogP contribution in [0.2, 0.25) is 0 Å². The Balaban J connectivity index is 2.67. The molecule has 0 atom stereocenters. The Morgan fingerprint density at radius 1 is 1.85 bits per heavy atom. The molecule has 13 heavy (non-hydrogen) atoms. The van der Waals surface area contributed by atoms with Gasteiger partial charge in [-0.15, -0.1) is 22.9 Å². The van der Waals surface area contributed by atoms with E-state index in [0.717, 1.165) is 5.69 Å². The summed E-state index contributed by atoms with van der Waals surface area (Å²) in [5, 5.41) is 2.44. The standard InChI is InChI=1S/C6H10ClN5S/c1-9-12-5(8)11-6-10-4(2-7)3-13-6/h3,9H,2H2,1H3,(H3,8,10,11,12). The van der Waals surface area contributed by atoms with Crippen LogP contribution >= 0.6 is 22.9 Å². The molecule has 1 rings (SSSR count). The van der Waals surface area contributed by atoms with Crippen LogP contribution < -0.4 is 16.6 Å². The minimum atomic E-state index is 0.276. The molecule has 0 radical (unpaired) electrons. The number of rotatable bonds is 3. The Morgan fingerprint density at radius 2 is 2.62 bits per heavy atom. The Morgan fingerprint density at radius 3 is 3.15 bits per heavy atom. The minimum Gasteiger partial charge on any atom is -0.369 e. The summed E-state index contributed by atoms with van der Waals surface area (Å²) >= 11 is 6.97. The van der Waals surface area contributed by atoms with Gasteiger partial charge in [0.05, 0.1) is 11.6 Å². The molecule has 7 heteroatoms. The summed E-state index contributed by atoms with van der Waals surface area (Å²) < 4.78 is 0. The summed E-state index contributed by atoms with van der Waals surface area (Å²) in [5.41, 5.74) is 11.6. The quantitative estimate of drug-likeness (QED) is 0.301. The molecule has 0 spiro atoms. The number of halogens is 1. The largest absolute Gasteiger partial charge is 0.369 e. The molecule has 1 heterocycles. The number of alkyl halides is 1. The van der Waals surface area contributed by atoms with Crippen molar-refractivity contribution < 1.29 is 0 Å². The number of hydrogen-bond donors (Lipinski definition) is 3. The van der Waals surface area contributed by atoms with E-state index in [2.05, 4.69) is 20.8 Å². The second-order valence-electron chi connectivity index (χ2n) is 2.13. The SMILES string of the molecule is CNNC(N)=Nc1nc(CCl)cs1. The first-order valence-corrected chi connectivity index (χ1v) is 4.95. The van der Waals surface area contributed by atoms with Crippen LogP contribution in [0.3, 0.4) is 0 Å². The average molecular weight is 220 g/mol. The number of hydrogen-bond acceptors (Lipinski definition) is 4. The lowest BCUT2D eigenvalue weighted by atomic mass is 10.6. The third-order valence-electron chi connectivity index (χ3n) is 1.15. The molecule has 0 aromatic carbocycles. The number of nitrogens with zero attached hydrogens (tertiary/aromatic N) is 2. The number of guanidine groups is 1. The van der Waals surface area contributed by atoms with Gasteiger partial charge in [-0.2, -0.15) is 4.99 Å². The average Bonchev–Trinajstić information content (AvgIpc) is 2.52. The van der Waals surface area contributed by atoms with E-state index in [1.807, 2.05) is 5.38 Å². The summed E-state index contributed by atoms with van der Waals surface area (Å²) in [4.78, 5) is 8.09. The van der Waals surface area contributed by atoms with Gasteiger partial charge in [0.15, 0.2) is 0 Å². The molecule has 0 bridgehead atoms. The first-order valence-electron chi connectivity index (χ1n) is 3.53. The summed E-state index contributed by atoms with van der Waals surface area (Å²) in [5.74, 6) is 0.670. The molecule has 0 aliphatic carbocycles. The Bertz CT molecular complexity index is 297. The molecular formula is C6H10ClN5S.